The first-order chi connectivity index (χ1) is 12.9. The van der Waals surface area contributed by atoms with Gasteiger partial charge in [-0.05, 0) is 77.8 Å². The van der Waals surface area contributed by atoms with E-state index < -0.39 is 0 Å². The van der Waals surface area contributed by atoms with Crippen molar-refractivity contribution in [3.63, 3.8) is 0 Å². The van der Waals surface area contributed by atoms with E-state index in [4.69, 9.17) is 0 Å². The first kappa shape index (κ1) is 14.3. The number of benzene rings is 2. The number of aliphatic imine (C=N–C) groups is 1. The second-order valence-electron chi connectivity index (χ2n) is 7.41. The second kappa shape index (κ2) is 5.28. The highest BCUT2D eigenvalue weighted by atomic mass is 14.7. The third-order valence-electron chi connectivity index (χ3n) is 5.93. The van der Waals surface area contributed by atoms with Crippen LogP contribution in [-0.4, -0.2) is 16.2 Å². The zero-order valence-electron chi connectivity index (χ0n) is 14.5. The van der Waals surface area contributed by atoms with Crippen LogP contribution in [-0.2, 0) is 19.4 Å². The molecule has 0 saturated carbocycles. The van der Waals surface area contributed by atoms with Gasteiger partial charge in [0.15, 0.2) is 0 Å². The van der Waals surface area contributed by atoms with Crippen molar-refractivity contribution in [3.8, 4) is 11.3 Å². The Morgan fingerprint density at radius 1 is 0.923 bits per heavy atom. The molecule has 0 atom stereocenters. The summed E-state index contributed by atoms with van der Waals surface area (Å²) in [6.45, 7) is 0.817. The van der Waals surface area contributed by atoms with Crippen molar-refractivity contribution in [1.82, 2.24) is 9.97 Å². The van der Waals surface area contributed by atoms with Crippen LogP contribution in [0.25, 0.3) is 33.1 Å². The molecule has 0 spiro atoms. The van der Waals surface area contributed by atoms with Gasteiger partial charge < -0.3 is 4.98 Å². The number of nitrogens with one attached hydrogen (secondary N) is 1. The topological polar surface area (TPSA) is 41.0 Å². The lowest BCUT2D eigenvalue weighted by molar-refractivity contribution is 0.689. The smallest absolute Gasteiger partial charge is 0.0710 e. The average Bonchev–Trinajstić information content (AvgIpc) is 3.35. The summed E-state index contributed by atoms with van der Waals surface area (Å²) in [5.41, 5.74) is 10.5. The maximum absolute atomic E-state index is 4.51. The Morgan fingerprint density at radius 3 is 2.81 bits per heavy atom. The molecular weight excluding hydrogens is 318 g/mol. The molecule has 126 valence electrons. The number of rotatable bonds is 1. The summed E-state index contributed by atoms with van der Waals surface area (Å²) in [7, 11) is 0. The fourth-order valence-corrected chi connectivity index (χ4v) is 4.68. The van der Waals surface area contributed by atoms with Crippen LogP contribution in [0.5, 0.6) is 0 Å². The molecule has 0 fully saturated rings. The van der Waals surface area contributed by atoms with E-state index in [0.717, 1.165) is 24.9 Å². The van der Waals surface area contributed by atoms with E-state index in [1.54, 1.807) is 0 Å². The van der Waals surface area contributed by atoms with E-state index in [9.17, 15) is 0 Å². The Balaban J connectivity index is 1.69. The fourth-order valence-electron chi connectivity index (χ4n) is 4.68. The molecule has 0 saturated heterocycles. The maximum atomic E-state index is 4.51. The van der Waals surface area contributed by atoms with Gasteiger partial charge in [0, 0.05) is 34.4 Å². The molecule has 4 aromatic rings. The molecule has 0 unspecified atom stereocenters. The normalized spacial score (nSPS) is 15.5. The minimum atomic E-state index is 0.817. The molecule has 6 rings (SSSR count). The van der Waals surface area contributed by atoms with Gasteiger partial charge in [-0.3, -0.25) is 9.98 Å². The molecule has 3 nitrogen and oxygen atoms in total. The summed E-state index contributed by atoms with van der Waals surface area (Å²) in [5, 5.41) is 2.66. The van der Waals surface area contributed by atoms with Crippen molar-refractivity contribution in [1.29, 1.82) is 0 Å². The monoisotopic (exact) mass is 337 g/mol. The maximum Gasteiger partial charge on any atom is 0.0710 e. The molecule has 1 N–H and O–H groups in total. The molecule has 0 radical (unpaired) electrons. The van der Waals surface area contributed by atoms with Crippen LogP contribution >= 0.6 is 0 Å². The number of aryl methyl sites for hydroxylation is 1. The highest BCUT2D eigenvalue weighted by Gasteiger charge is 2.20. The van der Waals surface area contributed by atoms with Gasteiger partial charge in [-0.25, -0.2) is 0 Å². The number of fused-ring (bicyclic) bond motifs is 6. The Kier molecular flexibility index (Phi) is 2.89. The first-order valence-electron chi connectivity index (χ1n) is 9.43. The molecule has 3 heterocycles. The molecule has 1 aliphatic heterocycles. The summed E-state index contributed by atoms with van der Waals surface area (Å²) in [6, 6.07) is 13.3. The first-order valence-corrected chi connectivity index (χ1v) is 9.43. The fraction of sp³-hybridized carbons (Fsp3) is 0.217. The van der Waals surface area contributed by atoms with Gasteiger partial charge in [-0.15, -0.1) is 0 Å². The van der Waals surface area contributed by atoms with Crippen LogP contribution in [0.2, 0.25) is 0 Å². The summed E-state index contributed by atoms with van der Waals surface area (Å²) in [6.07, 6.45) is 8.77. The minimum absolute atomic E-state index is 0.817. The molecule has 2 aliphatic rings. The van der Waals surface area contributed by atoms with Crippen molar-refractivity contribution in [2.24, 2.45) is 4.99 Å². The number of nitrogens with zero attached hydrogens (tertiary/aromatic N) is 2. The number of H-pyrrole nitrogens is 1. The number of hydrogen-bond acceptors (Lipinski definition) is 2. The number of hydrogen-bond donors (Lipinski definition) is 1. The van der Waals surface area contributed by atoms with Crippen molar-refractivity contribution < 1.29 is 0 Å². The van der Waals surface area contributed by atoms with Crippen LogP contribution in [0.15, 0.2) is 47.6 Å². The molecule has 2 aromatic carbocycles. The zero-order valence-corrected chi connectivity index (χ0v) is 14.5. The van der Waals surface area contributed by atoms with Crippen molar-refractivity contribution in [3.05, 3.63) is 64.8 Å². The second-order valence-corrected chi connectivity index (χ2v) is 7.41. The standard InChI is InChI=1S/C23H19N3/c1-2-4-18-17(3-1)22-19-9-10-25-20(19)7-8-21(22)26-23(18)14-5-6-15-12-24-13-16(15)11-14/h5-11,13,26H,1-4,12H2. The molecule has 1 aliphatic carbocycles. The Bertz CT molecular complexity index is 1210. The van der Waals surface area contributed by atoms with Crippen LogP contribution in [0, 0.1) is 0 Å². The van der Waals surface area contributed by atoms with E-state index in [1.807, 2.05) is 12.4 Å². The van der Waals surface area contributed by atoms with Crippen molar-refractivity contribution in [2.45, 2.75) is 32.2 Å². The minimum Gasteiger partial charge on any atom is -0.354 e. The summed E-state index contributed by atoms with van der Waals surface area (Å²) in [4.78, 5) is 12.7. The summed E-state index contributed by atoms with van der Waals surface area (Å²) in [5.74, 6) is 0. The highest BCUT2D eigenvalue weighted by Crippen LogP contribution is 2.38. The van der Waals surface area contributed by atoms with E-state index >= 15 is 0 Å². The van der Waals surface area contributed by atoms with Crippen molar-refractivity contribution in [2.75, 3.05) is 0 Å². The largest absolute Gasteiger partial charge is 0.354 e. The highest BCUT2D eigenvalue weighted by molar-refractivity contribution is 6.08. The lowest BCUT2D eigenvalue weighted by Gasteiger charge is -2.23. The number of aromatic amines is 1. The summed E-state index contributed by atoms with van der Waals surface area (Å²) < 4.78 is 0. The summed E-state index contributed by atoms with van der Waals surface area (Å²) >= 11 is 0. The average molecular weight is 337 g/mol. The molecule has 3 heteroatoms. The van der Waals surface area contributed by atoms with E-state index in [-0.39, 0.29) is 0 Å². The van der Waals surface area contributed by atoms with Crippen molar-refractivity contribution >= 4 is 28.0 Å². The predicted molar refractivity (Wildman–Crippen MR) is 107 cm³/mol. The van der Waals surface area contributed by atoms with Gasteiger partial charge in [-0.1, -0.05) is 12.1 Å². The Labute approximate surface area is 151 Å². The van der Waals surface area contributed by atoms with E-state index in [2.05, 4.69) is 51.4 Å². The van der Waals surface area contributed by atoms with Gasteiger partial charge in [0.2, 0.25) is 0 Å². The lowest BCUT2D eigenvalue weighted by Crippen LogP contribution is -2.08. The SMILES string of the molecule is C1=NCc2ccc(-c3[nH]c4ccc5nccc5c4c4c3CCCC4)cc21. The third-order valence-corrected chi connectivity index (χ3v) is 5.93. The van der Waals surface area contributed by atoms with E-state index in [1.165, 1.54) is 62.6 Å². The van der Waals surface area contributed by atoms with Crippen LogP contribution in [0.1, 0.15) is 35.1 Å². The van der Waals surface area contributed by atoms with Crippen LogP contribution in [0.4, 0.5) is 0 Å². The molecule has 26 heavy (non-hydrogen) atoms. The van der Waals surface area contributed by atoms with Gasteiger partial charge in [0.25, 0.3) is 0 Å². The third kappa shape index (κ3) is 1.94. The zero-order chi connectivity index (χ0) is 17.1. The van der Waals surface area contributed by atoms with Crippen LogP contribution in [0.3, 0.4) is 0 Å². The van der Waals surface area contributed by atoms with Crippen LogP contribution < -0.4 is 0 Å². The Hall–Kier alpha value is -2.94. The van der Waals surface area contributed by atoms with Gasteiger partial charge in [0.05, 0.1) is 12.1 Å². The van der Waals surface area contributed by atoms with Gasteiger partial charge in [0.1, 0.15) is 0 Å². The number of aromatic nitrogens is 2. The quantitative estimate of drug-likeness (QED) is 0.510. The van der Waals surface area contributed by atoms with E-state index in [0.29, 0.717) is 0 Å². The lowest BCUT2D eigenvalue weighted by atomic mass is 9.85. The molecular formula is C23H19N3. The number of pyridine rings is 1. The predicted octanol–water partition coefficient (Wildman–Crippen LogP) is 5.19. The van der Waals surface area contributed by atoms with Gasteiger partial charge in [-0.2, -0.15) is 0 Å². The molecule has 0 amide bonds. The Morgan fingerprint density at radius 2 is 1.85 bits per heavy atom. The van der Waals surface area contributed by atoms with Gasteiger partial charge >= 0.3 is 0 Å². The molecule has 2 aromatic heterocycles. The molecule has 0 bridgehead atoms.